The Morgan fingerprint density at radius 3 is 2.08 bits per heavy atom. The molecule has 0 fully saturated rings. The minimum Gasteiger partial charge on any atom is -0.497 e. The number of rotatable bonds is 16. The van der Waals surface area contributed by atoms with Crippen LogP contribution < -0.4 is 4.74 Å². The summed E-state index contributed by atoms with van der Waals surface area (Å²) in [6, 6.07) is 8.61. The van der Waals surface area contributed by atoms with E-state index < -0.39 is 0 Å². The Hall–Kier alpha value is -1.02. The number of ether oxygens (including phenoxy) is 1. The van der Waals surface area contributed by atoms with Crippen LogP contribution in [-0.4, -0.2) is 25.1 Å². The maximum Gasteiger partial charge on any atom is 0.118 e. The second-order valence-electron chi connectivity index (χ2n) is 7.77. The Labute approximate surface area is 163 Å². The maximum atomic E-state index is 5.29. The minimum atomic E-state index is 0.836. The van der Waals surface area contributed by atoms with Gasteiger partial charge < -0.3 is 4.74 Å². The molecule has 2 nitrogen and oxygen atoms in total. The van der Waals surface area contributed by atoms with Crippen LogP contribution in [0.5, 0.6) is 5.75 Å². The lowest BCUT2D eigenvalue weighted by molar-refractivity contribution is 0.208. The molecule has 26 heavy (non-hydrogen) atoms. The molecule has 2 heteroatoms. The zero-order chi connectivity index (χ0) is 19.0. The van der Waals surface area contributed by atoms with Crippen LogP contribution in [0.15, 0.2) is 24.3 Å². The molecule has 150 valence electrons. The summed E-state index contributed by atoms with van der Waals surface area (Å²) in [7, 11) is 1.73. The summed E-state index contributed by atoms with van der Waals surface area (Å²) in [5, 5.41) is 0. The molecular weight excluding hydrogens is 318 g/mol. The van der Waals surface area contributed by atoms with E-state index in [-0.39, 0.29) is 0 Å². The second-order valence-corrected chi connectivity index (χ2v) is 7.77. The van der Waals surface area contributed by atoms with Gasteiger partial charge in [0, 0.05) is 13.1 Å². The van der Waals surface area contributed by atoms with Crippen molar-refractivity contribution in [3.05, 3.63) is 29.8 Å². The number of hydrogen-bond donors (Lipinski definition) is 0. The van der Waals surface area contributed by atoms with Gasteiger partial charge in [-0.3, -0.25) is 4.90 Å². The molecule has 1 rings (SSSR count). The van der Waals surface area contributed by atoms with Gasteiger partial charge >= 0.3 is 0 Å². The fourth-order valence-electron chi connectivity index (χ4n) is 3.71. The van der Waals surface area contributed by atoms with Crippen LogP contribution >= 0.6 is 0 Å². The van der Waals surface area contributed by atoms with Crippen LogP contribution in [0.1, 0.15) is 90.5 Å². The molecule has 0 aliphatic heterocycles. The first-order valence-electron chi connectivity index (χ1n) is 11.1. The number of benzene rings is 1. The predicted octanol–water partition coefficient (Wildman–Crippen LogP) is 7.07. The van der Waals surface area contributed by atoms with Gasteiger partial charge in [0.1, 0.15) is 5.75 Å². The predicted molar refractivity (Wildman–Crippen MR) is 115 cm³/mol. The summed E-state index contributed by atoms with van der Waals surface area (Å²) < 4.78 is 5.29. The zero-order valence-corrected chi connectivity index (χ0v) is 17.9. The molecule has 0 aromatic heterocycles. The third-order valence-electron chi connectivity index (χ3n) is 5.43. The highest BCUT2D eigenvalue weighted by Gasteiger charge is 2.13. The van der Waals surface area contributed by atoms with Crippen LogP contribution in [0.25, 0.3) is 0 Å². The monoisotopic (exact) mass is 361 g/mol. The van der Waals surface area contributed by atoms with Crippen molar-refractivity contribution in [1.29, 1.82) is 0 Å². The van der Waals surface area contributed by atoms with E-state index in [9.17, 15) is 0 Å². The summed E-state index contributed by atoms with van der Waals surface area (Å²) in [5.74, 6) is 1.78. The van der Waals surface area contributed by atoms with Crippen molar-refractivity contribution in [2.24, 2.45) is 5.92 Å². The van der Waals surface area contributed by atoms with Crippen LogP contribution in [-0.2, 0) is 6.54 Å². The Morgan fingerprint density at radius 1 is 0.846 bits per heavy atom. The smallest absolute Gasteiger partial charge is 0.118 e. The van der Waals surface area contributed by atoms with Crippen molar-refractivity contribution in [1.82, 2.24) is 4.90 Å². The first-order valence-corrected chi connectivity index (χ1v) is 11.1. The molecule has 0 radical (unpaired) electrons. The molecule has 0 saturated heterocycles. The van der Waals surface area contributed by atoms with E-state index in [0.717, 1.165) is 18.2 Å². The number of hydrogen-bond acceptors (Lipinski definition) is 2. The maximum absolute atomic E-state index is 5.29. The van der Waals surface area contributed by atoms with Gasteiger partial charge in [0.15, 0.2) is 0 Å². The molecule has 0 saturated carbocycles. The minimum absolute atomic E-state index is 0.836. The van der Waals surface area contributed by atoms with Gasteiger partial charge in [0.05, 0.1) is 7.11 Å². The average Bonchev–Trinajstić information content (AvgIpc) is 2.67. The van der Waals surface area contributed by atoms with Crippen LogP contribution in [0.3, 0.4) is 0 Å². The van der Waals surface area contributed by atoms with E-state index in [4.69, 9.17) is 4.74 Å². The third kappa shape index (κ3) is 10.2. The van der Waals surface area contributed by atoms with Crippen molar-refractivity contribution in [3.8, 4) is 5.75 Å². The molecule has 1 aromatic carbocycles. The van der Waals surface area contributed by atoms with Gasteiger partial charge in [-0.25, -0.2) is 0 Å². The van der Waals surface area contributed by atoms with Crippen molar-refractivity contribution < 1.29 is 4.74 Å². The number of nitrogens with zero attached hydrogens (tertiary/aromatic N) is 1. The molecule has 1 atom stereocenters. The van der Waals surface area contributed by atoms with Crippen molar-refractivity contribution in [3.63, 3.8) is 0 Å². The Kier molecular flexibility index (Phi) is 13.4. The van der Waals surface area contributed by atoms with Gasteiger partial charge in [0.2, 0.25) is 0 Å². The number of unbranched alkanes of at least 4 members (excludes halogenated alkanes) is 6. The van der Waals surface area contributed by atoms with Crippen LogP contribution in [0.4, 0.5) is 0 Å². The first kappa shape index (κ1) is 23.0. The SMILES string of the molecule is CCCCCCCCCN(Cc1ccc(OC)cc1)CC(CC)CCC. The van der Waals surface area contributed by atoms with Gasteiger partial charge in [-0.2, -0.15) is 0 Å². The quantitative estimate of drug-likeness (QED) is 0.292. The lowest BCUT2D eigenvalue weighted by Crippen LogP contribution is -2.30. The molecule has 1 aromatic rings. The zero-order valence-electron chi connectivity index (χ0n) is 17.9. The summed E-state index contributed by atoms with van der Waals surface area (Å²) >= 11 is 0. The van der Waals surface area contributed by atoms with Crippen LogP contribution in [0, 0.1) is 5.92 Å². The summed E-state index contributed by atoms with van der Waals surface area (Å²) in [6.07, 6.45) is 13.6. The van der Waals surface area contributed by atoms with E-state index in [1.165, 1.54) is 82.9 Å². The Morgan fingerprint density at radius 2 is 1.50 bits per heavy atom. The molecule has 0 aliphatic rings. The van der Waals surface area contributed by atoms with Crippen LogP contribution in [0.2, 0.25) is 0 Å². The lowest BCUT2D eigenvalue weighted by atomic mass is 9.99. The molecule has 0 heterocycles. The van der Waals surface area contributed by atoms with Gasteiger partial charge in [0.25, 0.3) is 0 Å². The van der Waals surface area contributed by atoms with E-state index >= 15 is 0 Å². The van der Waals surface area contributed by atoms with Crippen molar-refractivity contribution >= 4 is 0 Å². The van der Waals surface area contributed by atoms with E-state index in [2.05, 4.69) is 49.9 Å². The molecule has 0 N–H and O–H groups in total. The third-order valence-corrected chi connectivity index (χ3v) is 5.43. The van der Waals surface area contributed by atoms with E-state index in [1.54, 1.807) is 7.11 Å². The van der Waals surface area contributed by atoms with E-state index in [1.807, 2.05) is 0 Å². The summed E-state index contributed by atoms with van der Waals surface area (Å²) in [6.45, 7) is 10.5. The Bertz CT molecular complexity index is 428. The lowest BCUT2D eigenvalue weighted by Gasteiger charge is -2.27. The van der Waals surface area contributed by atoms with Gasteiger partial charge in [-0.15, -0.1) is 0 Å². The first-order chi connectivity index (χ1) is 12.7. The average molecular weight is 362 g/mol. The standard InChI is InChI=1S/C24H43NO/c1-5-8-9-10-11-12-13-19-25(20-22(7-3)14-6-2)21-23-15-17-24(26-4)18-16-23/h15-18,22H,5-14,19-21H2,1-4H3. The fraction of sp³-hybridized carbons (Fsp3) is 0.750. The summed E-state index contributed by atoms with van der Waals surface area (Å²) in [4.78, 5) is 2.69. The van der Waals surface area contributed by atoms with Crippen molar-refractivity contribution in [2.75, 3.05) is 20.2 Å². The van der Waals surface area contributed by atoms with Gasteiger partial charge in [-0.05, 0) is 43.0 Å². The largest absolute Gasteiger partial charge is 0.497 e. The van der Waals surface area contributed by atoms with E-state index in [0.29, 0.717) is 0 Å². The molecule has 0 bridgehead atoms. The summed E-state index contributed by atoms with van der Waals surface area (Å²) in [5.41, 5.74) is 1.40. The highest BCUT2D eigenvalue weighted by molar-refractivity contribution is 5.27. The second kappa shape index (κ2) is 15.1. The molecule has 0 aliphatic carbocycles. The highest BCUT2D eigenvalue weighted by Crippen LogP contribution is 2.18. The highest BCUT2D eigenvalue weighted by atomic mass is 16.5. The molecular formula is C24H43NO. The topological polar surface area (TPSA) is 12.5 Å². The molecule has 0 amide bonds. The van der Waals surface area contributed by atoms with Crippen molar-refractivity contribution in [2.45, 2.75) is 91.5 Å². The number of methoxy groups -OCH3 is 1. The van der Waals surface area contributed by atoms with Gasteiger partial charge in [-0.1, -0.05) is 84.3 Å². The Balaban J connectivity index is 2.48. The molecule has 0 spiro atoms. The molecule has 1 unspecified atom stereocenters. The normalized spacial score (nSPS) is 12.5. The fourth-order valence-corrected chi connectivity index (χ4v) is 3.71.